The molecule has 1 fully saturated rings. The summed E-state index contributed by atoms with van der Waals surface area (Å²) in [7, 11) is 3.11. The number of halogens is 2. The molecule has 1 aromatic heterocycles. The molecule has 12 heteroatoms. The first-order valence-electron chi connectivity index (χ1n) is 14.2. The minimum atomic E-state index is -0.397. The summed E-state index contributed by atoms with van der Waals surface area (Å²) in [6.07, 6.45) is 2.79. The number of methoxy groups -OCH3 is 1. The predicted octanol–water partition coefficient (Wildman–Crippen LogP) is 4.80. The molecule has 0 spiro atoms. The lowest BCUT2D eigenvalue weighted by molar-refractivity contribution is -0.117. The van der Waals surface area contributed by atoms with Gasteiger partial charge in [-0.3, -0.25) is 19.3 Å². The molecule has 0 saturated carbocycles. The van der Waals surface area contributed by atoms with E-state index in [1.165, 1.54) is 24.4 Å². The number of carbonyl (C=O) groups excluding carboxylic acids is 3. The maximum Gasteiger partial charge on any atom is 0.254 e. The Balaban J connectivity index is 1.55. The maximum atomic E-state index is 13.3. The lowest BCUT2D eigenvalue weighted by atomic mass is 10.0. The van der Waals surface area contributed by atoms with Crippen LogP contribution in [0, 0.1) is 6.92 Å². The van der Waals surface area contributed by atoms with E-state index in [4.69, 9.17) is 27.9 Å². The standard InChI is InChI=1S/C32H36Cl2N6O4/c1-6-28(41)37-25-16-22(32(43)40-12-10-39(7-2)11-13-40)9-8-21(25)15-23-17-27(36-19-35-23)38(4)29(42)18-24-30(33)20(3)14-26(44-5)31(24)34/h6,8-9,14,16-17,19H,1,7,10-13,15,18H2,2-5H3,(H,37,41). The lowest BCUT2D eigenvalue weighted by Crippen LogP contribution is -2.48. The molecule has 0 unspecified atom stereocenters. The second kappa shape index (κ2) is 14.7. The molecule has 1 N–H and O–H groups in total. The number of hydrogen-bond donors (Lipinski definition) is 1. The number of hydrogen-bond acceptors (Lipinski definition) is 7. The van der Waals surface area contributed by atoms with Gasteiger partial charge in [0.2, 0.25) is 11.8 Å². The number of aromatic nitrogens is 2. The first kappa shape index (κ1) is 32.9. The molecule has 1 aliphatic rings. The molecule has 0 bridgehead atoms. The Hall–Kier alpha value is -3.99. The number of aryl methyl sites for hydroxylation is 1. The summed E-state index contributed by atoms with van der Waals surface area (Å²) in [5.41, 5.74) is 3.52. The number of rotatable bonds is 10. The summed E-state index contributed by atoms with van der Waals surface area (Å²) in [6.45, 7) is 11.4. The smallest absolute Gasteiger partial charge is 0.254 e. The molecular weight excluding hydrogens is 603 g/mol. The number of amides is 3. The Labute approximate surface area is 267 Å². The van der Waals surface area contributed by atoms with Crippen LogP contribution < -0.4 is 15.0 Å². The van der Waals surface area contributed by atoms with Gasteiger partial charge in [0.15, 0.2) is 0 Å². The SMILES string of the molecule is C=CC(=O)Nc1cc(C(=O)N2CCN(CC)CC2)ccc1Cc1cc(N(C)C(=O)Cc2c(Cl)c(C)cc(OC)c2Cl)ncn1. The molecule has 3 aromatic rings. The summed E-state index contributed by atoms with van der Waals surface area (Å²) in [4.78, 5) is 53.1. The molecule has 2 aromatic carbocycles. The van der Waals surface area contributed by atoms with E-state index in [1.807, 2.05) is 11.8 Å². The van der Waals surface area contributed by atoms with Crippen LogP contribution in [0.1, 0.15) is 39.7 Å². The molecule has 44 heavy (non-hydrogen) atoms. The zero-order valence-electron chi connectivity index (χ0n) is 25.3. The van der Waals surface area contributed by atoms with Crippen LogP contribution in [0.25, 0.3) is 0 Å². The van der Waals surface area contributed by atoms with E-state index in [1.54, 1.807) is 37.4 Å². The van der Waals surface area contributed by atoms with Crippen LogP contribution in [-0.2, 0) is 22.4 Å². The second-order valence-corrected chi connectivity index (χ2v) is 11.2. The molecule has 4 rings (SSSR count). The number of nitrogens with zero attached hydrogens (tertiary/aromatic N) is 5. The van der Waals surface area contributed by atoms with Gasteiger partial charge in [0, 0.05) is 67.6 Å². The average Bonchev–Trinajstić information content (AvgIpc) is 3.04. The van der Waals surface area contributed by atoms with Gasteiger partial charge in [-0.25, -0.2) is 9.97 Å². The van der Waals surface area contributed by atoms with E-state index in [0.29, 0.717) is 58.6 Å². The summed E-state index contributed by atoms with van der Waals surface area (Å²) in [5.74, 6) is 0.0484. The first-order chi connectivity index (χ1) is 21.1. The van der Waals surface area contributed by atoms with Crippen LogP contribution in [0.2, 0.25) is 10.0 Å². The van der Waals surface area contributed by atoms with Gasteiger partial charge in [-0.1, -0.05) is 42.8 Å². The Morgan fingerprint density at radius 3 is 2.48 bits per heavy atom. The van der Waals surface area contributed by atoms with E-state index in [2.05, 4.69) is 33.7 Å². The van der Waals surface area contributed by atoms with E-state index in [-0.39, 0.29) is 23.3 Å². The van der Waals surface area contributed by atoms with Crippen molar-refractivity contribution in [3.63, 3.8) is 0 Å². The highest BCUT2D eigenvalue weighted by molar-refractivity contribution is 6.37. The van der Waals surface area contributed by atoms with Crippen LogP contribution >= 0.6 is 23.2 Å². The van der Waals surface area contributed by atoms with Gasteiger partial charge < -0.3 is 19.9 Å². The van der Waals surface area contributed by atoms with Crippen LogP contribution in [0.3, 0.4) is 0 Å². The fourth-order valence-corrected chi connectivity index (χ4v) is 5.54. The summed E-state index contributed by atoms with van der Waals surface area (Å²) >= 11 is 13.0. The number of ether oxygens (including phenoxy) is 1. The quantitative estimate of drug-likeness (QED) is 0.318. The first-order valence-corrected chi connectivity index (χ1v) is 15.0. The lowest BCUT2D eigenvalue weighted by Gasteiger charge is -2.34. The van der Waals surface area contributed by atoms with Gasteiger partial charge in [-0.2, -0.15) is 0 Å². The number of anilines is 2. The van der Waals surface area contributed by atoms with Gasteiger partial charge in [0.25, 0.3) is 5.91 Å². The van der Waals surface area contributed by atoms with Gasteiger partial charge >= 0.3 is 0 Å². The van der Waals surface area contributed by atoms with Gasteiger partial charge in [0.05, 0.1) is 24.2 Å². The molecule has 0 radical (unpaired) electrons. The molecule has 232 valence electrons. The molecule has 0 aliphatic carbocycles. The van der Waals surface area contributed by atoms with Crippen molar-refractivity contribution in [3.8, 4) is 5.75 Å². The summed E-state index contributed by atoms with van der Waals surface area (Å²) in [5, 5.41) is 3.51. The Kier molecular flexibility index (Phi) is 11.0. The second-order valence-electron chi connectivity index (χ2n) is 10.5. The van der Waals surface area contributed by atoms with Gasteiger partial charge in [0.1, 0.15) is 17.9 Å². The maximum absolute atomic E-state index is 13.3. The third kappa shape index (κ3) is 7.56. The number of piperazine rings is 1. The molecule has 1 saturated heterocycles. The van der Waals surface area contributed by atoms with Crippen molar-refractivity contribution < 1.29 is 19.1 Å². The number of likely N-dealkylation sites (N-methyl/N-ethyl adjacent to an activating group) is 2. The fourth-order valence-electron chi connectivity index (χ4n) is 4.98. The van der Waals surface area contributed by atoms with Gasteiger partial charge in [-0.05, 0) is 48.9 Å². The zero-order chi connectivity index (χ0) is 32.0. The van der Waals surface area contributed by atoms with E-state index in [9.17, 15) is 14.4 Å². The van der Waals surface area contributed by atoms with Crippen molar-refractivity contribution in [1.82, 2.24) is 19.8 Å². The van der Waals surface area contributed by atoms with Crippen LogP contribution in [0.5, 0.6) is 5.75 Å². The largest absolute Gasteiger partial charge is 0.495 e. The van der Waals surface area contributed by atoms with E-state index >= 15 is 0 Å². The van der Waals surface area contributed by atoms with Crippen molar-refractivity contribution in [1.29, 1.82) is 0 Å². The van der Waals surface area contributed by atoms with Crippen LogP contribution in [0.4, 0.5) is 11.5 Å². The number of carbonyl (C=O) groups is 3. The van der Waals surface area contributed by atoms with E-state index in [0.717, 1.165) is 30.8 Å². The zero-order valence-corrected chi connectivity index (χ0v) is 26.8. The molecule has 2 heterocycles. The highest BCUT2D eigenvalue weighted by Crippen LogP contribution is 2.36. The molecule has 1 aliphatic heterocycles. The Bertz CT molecular complexity index is 1570. The topological polar surface area (TPSA) is 108 Å². The fraction of sp³-hybridized carbons (Fsp3) is 0.344. The number of benzene rings is 2. The normalized spacial score (nSPS) is 13.4. The third-order valence-corrected chi connectivity index (χ3v) is 8.63. The average molecular weight is 640 g/mol. The Morgan fingerprint density at radius 1 is 1.09 bits per heavy atom. The summed E-state index contributed by atoms with van der Waals surface area (Å²) < 4.78 is 5.33. The van der Waals surface area contributed by atoms with Crippen molar-refractivity contribution in [2.24, 2.45) is 0 Å². The molecule has 3 amide bonds. The minimum Gasteiger partial charge on any atom is -0.495 e. The molecule has 10 nitrogen and oxygen atoms in total. The Morgan fingerprint density at radius 2 is 1.82 bits per heavy atom. The number of nitrogens with one attached hydrogen (secondary N) is 1. The van der Waals surface area contributed by atoms with Crippen molar-refractivity contribution in [2.45, 2.75) is 26.7 Å². The van der Waals surface area contributed by atoms with Gasteiger partial charge in [-0.15, -0.1) is 0 Å². The van der Waals surface area contributed by atoms with Crippen LogP contribution in [-0.4, -0.2) is 84.4 Å². The van der Waals surface area contributed by atoms with Crippen molar-refractivity contribution in [3.05, 3.63) is 87.3 Å². The molecular formula is C32H36Cl2N6O4. The van der Waals surface area contributed by atoms with Crippen LogP contribution in [0.15, 0.2) is 49.3 Å². The highest BCUT2D eigenvalue weighted by atomic mass is 35.5. The highest BCUT2D eigenvalue weighted by Gasteiger charge is 2.23. The monoisotopic (exact) mass is 638 g/mol. The van der Waals surface area contributed by atoms with Crippen molar-refractivity contribution in [2.75, 3.05) is 57.1 Å². The minimum absolute atomic E-state index is 0.0632. The van der Waals surface area contributed by atoms with E-state index < -0.39 is 5.91 Å². The molecule has 0 atom stereocenters. The summed E-state index contributed by atoms with van der Waals surface area (Å²) in [6, 6.07) is 8.67. The van der Waals surface area contributed by atoms with Crippen molar-refractivity contribution >= 4 is 52.4 Å². The predicted molar refractivity (Wildman–Crippen MR) is 173 cm³/mol. The third-order valence-electron chi connectivity index (χ3n) is 7.69.